The molecule has 1 aliphatic rings. The van der Waals surface area contributed by atoms with E-state index in [2.05, 4.69) is 176 Å². The van der Waals surface area contributed by atoms with Crippen molar-refractivity contribution in [2.24, 2.45) is 0 Å². The molecule has 11 aromatic rings. The van der Waals surface area contributed by atoms with Crippen LogP contribution in [0.1, 0.15) is 22.3 Å². The lowest BCUT2D eigenvalue weighted by molar-refractivity contribution is 0.650. The van der Waals surface area contributed by atoms with E-state index in [0.717, 1.165) is 60.4 Å². The molecule has 0 saturated carbocycles. The average molecular weight is 740 g/mol. The van der Waals surface area contributed by atoms with Crippen LogP contribution >= 0.6 is 0 Å². The Labute approximate surface area is 334 Å². The Morgan fingerprint density at radius 3 is 1.72 bits per heavy atom. The van der Waals surface area contributed by atoms with Crippen molar-refractivity contribution in [1.82, 2.24) is 15.0 Å². The van der Waals surface area contributed by atoms with Crippen LogP contribution in [-0.2, 0) is 5.41 Å². The summed E-state index contributed by atoms with van der Waals surface area (Å²) in [5.41, 5.74) is 11.0. The van der Waals surface area contributed by atoms with Gasteiger partial charge in [0, 0.05) is 33.0 Å². The lowest BCUT2D eigenvalue weighted by atomic mass is 9.67. The predicted octanol–water partition coefficient (Wildman–Crippen LogP) is 13.4. The first kappa shape index (κ1) is 32.5. The van der Waals surface area contributed by atoms with Gasteiger partial charge >= 0.3 is 0 Å². The van der Waals surface area contributed by atoms with Gasteiger partial charge in [0.05, 0.1) is 5.41 Å². The van der Waals surface area contributed by atoms with E-state index in [1.165, 1.54) is 33.2 Å². The molecule has 0 N–H and O–H groups in total. The van der Waals surface area contributed by atoms with Crippen LogP contribution in [0.3, 0.4) is 0 Å². The Kier molecular flexibility index (Phi) is 7.11. The lowest BCUT2D eigenvalue weighted by Gasteiger charge is -2.33. The Balaban J connectivity index is 1.16. The zero-order valence-corrected chi connectivity index (χ0v) is 31.3. The minimum absolute atomic E-state index is 0.593. The Bertz CT molecular complexity index is 3350. The molecule has 2 heterocycles. The maximum atomic E-state index is 7.15. The molecule has 0 atom stereocenters. The summed E-state index contributed by atoms with van der Waals surface area (Å²) in [6.07, 6.45) is 0. The van der Waals surface area contributed by atoms with Crippen LogP contribution in [0.5, 0.6) is 0 Å². The van der Waals surface area contributed by atoms with Crippen LogP contribution in [0, 0.1) is 0 Å². The highest BCUT2D eigenvalue weighted by molar-refractivity contribution is 6.16. The SMILES string of the molecule is c1ccc(-c2nc(-c3cc4ccccc4c4ccccc34)nc(-c3cccc4oc5c6c(ccc5c34)-c3ccccc3C6(c3ccccc3)c3ccccc3)n2)cc1. The molecule has 58 heavy (non-hydrogen) atoms. The second-order valence-corrected chi connectivity index (χ2v) is 15.0. The predicted molar refractivity (Wildman–Crippen MR) is 236 cm³/mol. The molecule has 0 unspecified atom stereocenters. The highest BCUT2D eigenvalue weighted by atomic mass is 16.3. The molecule has 1 aliphatic carbocycles. The Hall–Kier alpha value is -7.69. The molecule has 12 rings (SSSR count). The summed E-state index contributed by atoms with van der Waals surface area (Å²) in [6.45, 7) is 0. The third-order valence-electron chi connectivity index (χ3n) is 12.0. The number of fused-ring (bicyclic) bond motifs is 10. The number of aromatic nitrogens is 3. The number of rotatable bonds is 5. The van der Waals surface area contributed by atoms with Gasteiger partial charge in [-0.1, -0.05) is 182 Å². The highest BCUT2D eigenvalue weighted by Gasteiger charge is 2.48. The summed E-state index contributed by atoms with van der Waals surface area (Å²) >= 11 is 0. The van der Waals surface area contributed by atoms with Crippen molar-refractivity contribution in [3.05, 3.63) is 222 Å². The first-order valence-electron chi connectivity index (χ1n) is 19.7. The van der Waals surface area contributed by atoms with Gasteiger partial charge in [-0.05, 0) is 67.6 Å². The molecule has 9 aromatic carbocycles. The van der Waals surface area contributed by atoms with Crippen molar-refractivity contribution < 1.29 is 4.42 Å². The van der Waals surface area contributed by atoms with Gasteiger partial charge in [-0.2, -0.15) is 0 Å². The first-order valence-corrected chi connectivity index (χ1v) is 19.7. The van der Waals surface area contributed by atoms with Crippen LogP contribution in [-0.4, -0.2) is 15.0 Å². The summed E-state index contributed by atoms with van der Waals surface area (Å²) in [5, 5.41) is 6.59. The molecule has 4 heteroatoms. The van der Waals surface area contributed by atoms with Gasteiger partial charge in [-0.3, -0.25) is 0 Å². The number of hydrogen-bond acceptors (Lipinski definition) is 4. The summed E-state index contributed by atoms with van der Waals surface area (Å²) in [6, 6.07) is 70.7. The van der Waals surface area contributed by atoms with Gasteiger partial charge in [-0.15, -0.1) is 0 Å². The second-order valence-electron chi connectivity index (χ2n) is 15.0. The second kappa shape index (κ2) is 12.7. The zero-order valence-electron chi connectivity index (χ0n) is 31.3. The van der Waals surface area contributed by atoms with Crippen molar-refractivity contribution >= 4 is 43.5 Å². The van der Waals surface area contributed by atoms with E-state index in [-0.39, 0.29) is 0 Å². The number of hydrogen-bond donors (Lipinski definition) is 0. The van der Waals surface area contributed by atoms with Crippen molar-refractivity contribution in [3.63, 3.8) is 0 Å². The quantitative estimate of drug-likeness (QED) is 0.165. The molecule has 0 fully saturated rings. The van der Waals surface area contributed by atoms with Crippen molar-refractivity contribution in [2.45, 2.75) is 5.41 Å². The van der Waals surface area contributed by atoms with Crippen LogP contribution in [0.25, 0.3) is 88.8 Å². The number of furan rings is 1. The summed E-state index contributed by atoms with van der Waals surface area (Å²) in [7, 11) is 0. The molecule has 0 saturated heterocycles. The first-order chi connectivity index (χ1) is 28.8. The summed E-state index contributed by atoms with van der Waals surface area (Å²) in [4.78, 5) is 15.8. The lowest BCUT2D eigenvalue weighted by Crippen LogP contribution is -2.28. The van der Waals surface area contributed by atoms with Gasteiger partial charge in [-0.25, -0.2) is 15.0 Å². The van der Waals surface area contributed by atoms with Crippen LogP contribution in [0.4, 0.5) is 0 Å². The molecule has 2 aromatic heterocycles. The fraction of sp³-hybridized carbons (Fsp3) is 0.0185. The van der Waals surface area contributed by atoms with Crippen molar-refractivity contribution in [1.29, 1.82) is 0 Å². The van der Waals surface area contributed by atoms with E-state index in [4.69, 9.17) is 19.4 Å². The van der Waals surface area contributed by atoms with Crippen molar-refractivity contribution in [2.75, 3.05) is 0 Å². The molecular weight excluding hydrogens is 707 g/mol. The van der Waals surface area contributed by atoms with Gasteiger partial charge in [0.25, 0.3) is 0 Å². The Morgan fingerprint density at radius 2 is 0.966 bits per heavy atom. The molecule has 0 radical (unpaired) electrons. The molecule has 4 nitrogen and oxygen atoms in total. The van der Waals surface area contributed by atoms with E-state index in [0.29, 0.717) is 17.5 Å². The van der Waals surface area contributed by atoms with E-state index in [1.54, 1.807) is 0 Å². The highest BCUT2D eigenvalue weighted by Crippen LogP contribution is 2.59. The monoisotopic (exact) mass is 739 g/mol. The minimum atomic E-state index is -0.611. The van der Waals surface area contributed by atoms with Gasteiger partial charge in [0.1, 0.15) is 11.2 Å². The van der Waals surface area contributed by atoms with Crippen molar-refractivity contribution in [3.8, 4) is 45.3 Å². The van der Waals surface area contributed by atoms with E-state index >= 15 is 0 Å². The maximum Gasteiger partial charge on any atom is 0.164 e. The zero-order chi connectivity index (χ0) is 38.2. The Morgan fingerprint density at radius 1 is 0.379 bits per heavy atom. The normalized spacial score (nSPS) is 13.0. The summed E-state index contributed by atoms with van der Waals surface area (Å²) in [5.74, 6) is 1.83. The summed E-state index contributed by atoms with van der Waals surface area (Å²) < 4.78 is 7.15. The van der Waals surface area contributed by atoms with E-state index in [1.807, 2.05) is 24.3 Å². The fourth-order valence-corrected chi connectivity index (χ4v) is 9.57. The van der Waals surface area contributed by atoms with Gasteiger partial charge in [0.15, 0.2) is 17.5 Å². The van der Waals surface area contributed by atoms with Crippen LogP contribution < -0.4 is 0 Å². The number of nitrogens with zero attached hydrogens (tertiary/aromatic N) is 3. The van der Waals surface area contributed by atoms with Gasteiger partial charge in [0.2, 0.25) is 0 Å². The molecule has 0 spiro atoms. The third-order valence-corrected chi connectivity index (χ3v) is 12.0. The topological polar surface area (TPSA) is 51.8 Å². The molecule has 270 valence electrons. The minimum Gasteiger partial charge on any atom is -0.456 e. The number of benzene rings is 9. The molecular formula is C54H33N3O. The van der Waals surface area contributed by atoms with Crippen LogP contribution in [0.2, 0.25) is 0 Å². The standard InChI is InChI=1S/C54H33N3O/c1-4-17-34(18-5-1)51-55-52(57-53(56-51)45-33-35-19-10-11-24-38(35)39-25-12-13-26-40(39)45)44-28-16-30-47-48(44)43-32-31-42-41-27-14-15-29-46(41)54(49(42)50(43)58-47,36-20-6-2-7-21-36)37-22-8-3-9-23-37/h1-33H. The van der Waals surface area contributed by atoms with E-state index < -0.39 is 5.41 Å². The average Bonchev–Trinajstić information content (AvgIpc) is 3.84. The van der Waals surface area contributed by atoms with Crippen LogP contribution in [0.15, 0.2) is 205 Å². The largest absolute Gasteiger partial charge is 0.456 e. The third kappa shape index (κ3) is 4.66. The molecule has 0 amide bonds. The molecule has 0 bridgehead atoms. The molecule has 0 aliphatic heterocycles. The smallest absolute Gasteiger partial charge is 0.164 e. The fourth-order valence-electron chi connectivity index (χ4n) is 9.57. The van der Waals surface area contributed by atoms with Gasteiger partial charge < -0.3 is 4.42 Å². The van der Waals surface area contributed by atoms with E-state index in [9.17, 15) is 0 Å². The maximum absolute atomic E-state index is 7.15.